The molecule has 0 N–H and O–H groups in total. The molecule has 0 saturated carbocycles. The van der Waals surface area contributed by atoms with E-state index < -0.39 is 0 Å². The zero-order chi connectivity index (χ0) is 14.6. The Morgan fingerprint density at radius 1 is 1.29 bits per heavy atom. The summed E-state index contributed by atoms with van der Waals surface area (Å²) in [5.74, 6) is 0.637. The molecule has 2 fully saturated rings. The highest BCUT2D eigenvalue weighted by Gasteiger charge is 2.42. The van der Waals surface area contributed by atoms with E-state index >= 15 is 0 Å². The molecule has 1 aromatic heterocycles. The van der Waals surface area contributed by atoms with Crippen LogP contribution in [0.25, 0.3) is 10.9 Å². The number of carbonyl (C=O) groups excluding carboxylic acids is 1. The Morgan fingerprint density at radius 3 is 2.86 bits per heavy atom. The third kappa shape index (κ3) is 1.97. The highest BCUT2D eigenvalue weighted by molar-refractivity contribution is 5.98. The Morgan fingerprint density at radius 2 is 2.10 bits per heavy atom. The van der Waals surface area contributed by atoms with Crippen LogP contribution in [0.3, 0.4) is 0 Å². The normalized spacial score (nSPS) is 28.3. The van der Waals surface area contributed by atoms with Crippen molar-refractivity contribution in [3.63, 3.8) is 0 Å². The molecule has 2 aliphatic rings. The second kappa shape index (κ2) is 4.60. The van der Waals surface area contributed by atoms with E-state index in [4.69, 9.17) is 4.74 Å². The van der Waals surface area contributed by atoms with Crippen LogP contribution >= 0.6 is 0 Å². The first-order valence-corrected chi connectivity index (χ1v) is 7.62. The first kappa shape index (κ1) is 12.9. The van der Waals surface area contributed by atoms with Crippen molar-refractivity contribution in [3.05, 3.63) is 36.0 Å². The predicted molar refractivity (Wildman–Crippen MR) is 81.3 cm³/mol. The zero-order valence-electron chi connectivity index (χ0n) is 12.5. The highest BCUT2D eigenvalue weighted by atomic mass is 16.5. The van der Waals surface area contributed by atoms with Gasteiger partial charge in [-0.1, -0.05) is 18.2 Å². The van der Waals surface area contributed by atoms with Gasteiger partial charge in [-0.05, 0) is 25.5 Å². The van der Waals surface area contributed by atoms with Crippen molar-refractivity contribution in [3.8, 4) is 0 Å². The molecule has 4 heteroatoms. The Labute approximate surface area is 124 Å². The van der Waals surface area contributed by atoms with Crippen LogP contribution in [0.5, 0.6) is 0 Å². The summed E-state index contributed by atoms with van der Waals surface area (Å²) in [7, 11) is 1.96. The molecule has 4 rings (SSSR count). The highest BCUT2D eigenvalue weighted by Crippen LogP contribution is 2.33. The Balaban J connectivity index is 1.61. The van der Waals surface area contributed by atoms with Crippen LogP contribution in [0.1, 0.15) is 23.8 Å². The van der Waals surface area contributed by atoms with Crippen molar-refractivity contribution in [1.29, 1.82) is 0 Å². The maximum absolute atomic E-state index is 12.8. The minimum absolute atomic E-state index is 0.124. The Hall–Kier alpha value is -1.81. The number of rotatable bonds is 1. The standard InChI is InChI=1S/C17H20N2O2/c1-11-7-13-9-19(10-16(13)21-11)17(20)15-8-12-5-3-4-6-14(12)18(15)2/h3-6,8,11,13,16H,7,9-10H2,1-2H3/t11-,13+,16-/m0/s1. The van der Waals surface area contributed by atoms with E-state index in [1.54, 1.807) is 0 Å². The molecule has 3 atom stereocenters. The number of aromatic nitrogens is 1. The molecule has 21 heavy (non-hydrogen) atoms. The fraction of sp³-hybridized carbons (Fsp3) is 0.471. The summed E-state index contributed by atoms with van der Waals surface area (Å²) < 4.78 is 7.89. The number of hydrogen-bond acceptors (Lipinski definition) is 2. The minimum Gasteiger partial charge on any atom is -0.373 e. The van der Waals surface area contributed by atoms with Crippen molar-refractivity contribution in [2.24, 2.45) is 13.0 Å². The van der Waals surface area contributed by atoms with Gasteiger partial charge < -0.3 is 14.2 Å². The number of ether oxygens (including phenoxy) is 1. The number of carbonyl (C=O) groups is 1. The van der Waals surface area contributed by atoms with Gasteiger partial charge in [0.2, 0.25) is 0 Å². The van der Waals surface area contributed by atoms with Crippen molar-refractivity contribution in [1.82, 2.24) is 9.47 Å². The molecule has 0 spiro atoms. The number of nitrogens with zero attached hydrogens (tertiary/aromatic N) is 2. The van der Waals surface area contributed by atoms with Gasteiger partial charge in [0.15, 0.2) is 0 Å². The van der Waals surface area contributed by atoms with Gasteiger partial charge >= 0.3 is 0 Å². The summed E-state index contributed by atoms with van der Waals surface area (Å²) >= 11 is 0. The number of benzene rings is 1. The molecule has 0 radical (unpaired) electrons. The largest absolute Gasteiger partial charge is 0.373 e. The van der Waals surface area contributed by atoms with Gasteiger partial charge in [-0.25, -0.2) is 0 Å². The molecule has 0 aliphatic carbocycles. The lowest BCUT2D eigenvalue weighted by Gasteiger charge is -2.18. The van der Waals surface area contributed by atoms with Crippen LogP contribution in [-0.2, 0) is 11.8 Å². The maximum atomic E-state index is 12.8. The average molecular weight is 284 g/mol. The van der Waals surface area contributed by atoms with Crippen molar-refractivity contribution in [2.45, 2.75) is 25.6 Å². The van der Waals surface area contributed by atoms with Gasteiger partial charge in [0, 0.05) is 37.0 Å². The summed E-state index contributed by atoms with van der Waals surface area (Å²) in [4.78, 5) is 14.8. The third-order valence-electron chi connectivity index (χ3n) is 4.88. The first-order chi connectivity index (χ1) is 10.1. The lowest BCUT2D eigenvalue weighted by Crippen LogP contribution is -2.32. The molecule has 110 valence electrons. The van der Waals surface area contributed by atoms with E-state index in [0.717, 1.165) is 36.1 Å². The zero-order valence-corrected chi connectivity index (χ0v) is 12.5. The topological polar surface area (TPSA) is 34.5 Å². The minimum atomic E-state index is 0.124. The SMILES string of the molecule is C[C@H]1C[C@@H]2CN(C(=O)c3cc4ccccc4n3C)C[C@@H]2O1. The van der Waals surface area contributed by atoms with Gasteiger partial charge in [0.05, 0.1) is 12.2 Å². The van der Waals surface area contributed by atoms with E-state index in [2.05, 4.69) is 19.1 Å². The summed E-state index contributed by atoms with van der Waals surface area (Å²) in [5, 5.41) is 1.12. The van der Waals surface area contributed by atoms with E-state index in [-0.39, 0.29) is 12.0 Å². The Kier molecular flexibility index (Phi) is 2.82. The fourth-order valence-corrected chi connectivity index (χ4v) is 3.82. The smallest absolute Gasteiger partial charge is 0.270 e. The summed E-state index contributed by atoms with van der Waals surface area (Å²) in [6.07, 6.45) is 1.65. The Bertz CT molecular complexity index is 692. The quantitative estimate of drug-likeness (QED) is 0.806. The van der Waals surface area contributed by atoms with Crippen molar-refractivity contribution < 1.29 is 9.53 Å². The predicted octanol–water partition coefficient (Wildman–Crippen LogP) is 2.43. The number of para-hydroxylation sites is 1. The van der Waals surface area contributed by atoms with Crippen LogP contribution < -0.4 is 0 Å². The monoisotopic (exact) mass is 284 g/mol. The van der Waals surface area contributed by atoms with Crippen molar-refractivity contribution in [2.75, 3.05) is 13.1 Å². The first-order valence-electron chi connectivity index (χ1n) is 7.62. The lowest BCUT2D eigenvalue weighted by atomic mass is 10.0. The van der Waals surface area contributed by atoms with E-state index in [0.29, 0.717) is 12.0 Å². The van der Waals surface area contributed by atoms with Crippen LogP contribution in [0.2, 0.25) is 0 Å². The average Bonchev–Trinajstić information content (AvgIpc) is 3.10. The summed E-state index contributed by atoms with van der Waals surface area (Å²) in [6.45, 7) is 3.68. The molecule has 0 bridgehead atoms. The summed E-state index contributed by atoms with van der Waals surface area (Å²) in [6, 6.07) is 10.1. The summed E-state index contributed by atoms with van der Waals surface area (Å²) in [5.41, 5.74) is 1.87. The molecule has 2 saturated heterocycles. The number of hydrogen-bond donors (Lipinski definition) is 0. The van der Waals surface area contributed by atoms with Gasteiger partial charge in [-0.2, -0.15) is 0 Å². The van der Waals surface area contributed by atoms with E-state index in [1.807, 2.05) is 34.7 Å². The van der Waals surface area contributed by atoms with Crippen LogP contribution in [0.15, 0.2) is 30.3 Å². The molecular weight excluding hydrogens is 264 g/mol. The number of fused-ring (bicyclic) bond motifs is 2. The molecule has 2 aliphatic heterocycles. The molecule has 1 aromatic carbocycles. The second-order valence-electron chi connectivity index (χ2n) is 6.34. The molecule has 3 heterocycles. The molecule has 0 unspecified atom stereocenters. The fourth-order valence-electron chi connectivity index (χ4n) is 3.82. The van der Waals surface area contributed by atoms with Gasteiger partial charge in [0.1, 0.15) is 5.69 Å². The van der Waals surface area contributed by atoms with E-state index in [9.17, 15) is 4.79 Å². The number of likely N-dealkylation sites (tertiary alicyclic amines) is 1. The third-order valence-corrected chi connectivity index (χ3v) is 4.88. The lowest BCUT2D eigenvalue weighted by molar-refractivity contribution is 0.0440. The molecular formula is C17H20N2O2. The number of amides is 1. The molecule has 1 amide bonds. The van der Waals surface area contributed by atoms with Gasteiger partial charge in [-0.3, -0.25) is 4.79 Å². The number of aryl methyl sites for hydroxylation is 1. The van der Waals surface area contributed by atoms with Crippen LogP contribution in [0.4, 0.5) is 0 Å². The maximum Gasteiger partial charge on any atom is 0.270 e. The van der Waals surface area contributed by atoms with Crippen LogP contribution in [-0.4, -0.2) is 40.7 Å². The van der Waals surface area contributed by atoms with Gasteiger partial charge in [-0.15, -0.1) is 0 Å². The molecule has 4 nitrogen and oxygen atoms in total. The van der Waals surface area contributed by atoms with Crippen LogP contribution in [0, 0.1) is 5.92 Å². The van der Waals surface area contributed by atoms with E-state index in [1.165, 1.54) is 0 Å². The van der Waals surface area contributed by atoms with Gasteiger partial charge in [0.25, 0.3) is 5.91 Å². The second-order valence-corrected chi connectivity index (χ2v) is 6.34. The molecule has 2 aromatic rings. The van der Waals surface area contributed by atoms with Crippen molar-refractivity contribution >= 4 is 16.8 Å².